The SMILES string of the molecule is CCCCCCCCCC(O[C]=O)C(C)CCCC. The van der Waals surface area contributed by atoms with E-state index in [1.54, 1.807) is 6.47 Å². The topological polar surface area (TPSA) is 26.3 Å². The second-order valence-corrected chi connectivity index (χ2v) is 5.77. The van der Waals surface area contributed by atoms with Crippen molar-refractivity contribution < 1.29 is 9.53 Å². The number of hydrogen-bond acceptors (Lipinski definition) is 2. The Hall–Kier alpha value is -0.530. The van der Waals surface area contributed by atoms with Gasteiger partial charge in [-0.15, -0.1) is 0 Å². The summed E-state index contributed by atoms with van der Waals surface area (Å²) in [5.41, 5.74) is 0. The standard InChI is InChI=1S/C17H33O2/c1-4-6-8-9-10-11-12-14-17(19-15-18)16(3)13-7-5-2/h16-17H,4-14H2,1-3H3. The molecular formula is C17H33O2. The zero-order valence-corrected chi connectivity index (χ0v) is 13.2. The van der Waals surface area contributed by atoms with E-state index in [-0.39, 0.29) is 6.10 Å². The molecule has 0 bridgehead atoms. The van der Waals surface area contributed by atoms with Crippen molar-refractivity contribution in [3.63, 3.8) is 0 Å². The van der Waals surface area contributed by atoms with Gasteiger partial charge in [-0.05, 0) is 25.2 Å². The van der Waals surface area contributed by atoms with Crippen LogP contribution in [0.5, 0.6) is 0 Å². The molecule has 0 aliphatic carbocycles. The number of ether oxygens (including phenoxy) is 1. The lowest BCUT2D eigenvalue weighted by molar-refractivity contribution is 0.105. The summed E-state index contributed by atoms with van der Waals surface area (Å²) in [6.45, 7) is 8.28. The molecule has 2 unspecified atom stereocenters. The van der Waals surface area contributed by atoms with E-state index in [1.807, 2.05) is 0 Å². The molecule has 1 radical (unpaired) electrons. The summed E-state index contributed by atoms with van der Waals surface area (Å²) in [7, 11) is 0. The van der Waals surface area contributed by atoms with Crippen LogP contribution in [0, 0.1) is 5.92 Å². The molecule has 0 N–H and O–H groups in total. The van der Waals surface area contributed by atoms with Crippen LogP contribution in [0.3, 0.4) is 0 Å². The van der Waals surface area contributed by atoms with Crippen LogP contribution in [0.2, 0.25) is 0 Å². The molecule has 0 aromatic carbocycles. The zero-order chi connectivity index (χ0) is 14.3. The predicted molar refractivity (Wildman–Crippen MR) is 81.9 cm³/mol. The molecule has 0 spiro atoms. The van der Waals surface area contributed by atoms with Crippen LogP contribution in [-0.4, -0.2) is 12.6 Å². The minimum absolute atomic E-state index is 0.0830. The fraction of sp³-hybridized carbons (Fsp3) is 0.941. The van der Waals surface area contributed by atoms with Gasteiger partial charge in [0.25, 0.3) is 0 Å². The van der Waals surface area contributed by atoms with Gasteiger partial charge in [-0.1, -0.05) is 72.1 Å². The molecule has 2 atom stereocenters. The van der Waals surface area contributed by atoms with Crippen LogP contribution in [0.4, 0.5) is 0 Å². The average Bonchev–Trinajstić information content (AvgIpc) is 2.42. The largest absolute Gasteiger partial charge is 0.454 e. The highest BCUT2D eigenvalue weighted by Gasteiger charge is 2.17. The first-order valence-electron chi connectivity index (χ1n) is 8.29. The normalized spacial score (nSPS) is 14.1. The first-order chi connectivity index (χ1) is 9.26. The summed E-state index contributed by atoms with van der Waals surface area (Å²) < 4.78 is 5.14. The van der Waals surface area contributed by atoms with E-state index in [1.165, 1.54) is 57.8 Å². The van der Waals surface area contributed by atoms with Crippen LogP contribution < -0.4 is 0 Å². The van der Waals surface area contributed by atoms with Crippen LogP contribution in [0.1, 0.15) is 91.4 Å². The molecule has 113 valence electrons. The summed E-state index contributed by atoms with van der Waals surface area (Å²) in [4.78, 5) is 10.5. The summed E-state index contributed by atoms with van der Waals surface area (Å²) in [6, 6.07) is 0. The zero-order valence-electron chi connectivity index (χ0n) is 13.2. The van der Waals surface area contributed by atoms with Crippen LogP contribution in [0.15, 0.2) is 0 Å². The van der Waals surface area contributed by atoms with Crippen LogP contribution in [-0.2, 0) is 9.53 Å². The van der Waals surface area contributed by atoms with Crippen LogP contribution >= 0.6 is 0 Å². The van der Waals surface area contributed by atoms with Gasteiger partial charge in [0, 0.05) is 0 Å². The maximum atomic E-state index is 10.5. The Morgan fingerprint density at radius 2 is 1.42 bits per heavy atom. The van der Waals surface area contributed by atoms with Crippen LogP contribution in [0.25, 0.3) is 0 Å². The Labute approximate surface area is 120 Å². The third-order valence-electron chi connectivity index (χ3n) is 3.94. The molecular weight excluding hydrogens is 236 g/mol. The molecule has 0 amide bonds. The Balaban J connectivity index is 3.66. The lowest BCUT2D eigenvalue weighted by Crippen LogP contribution is -2.21. The van der Waals surface area contributed by atoms with Crippen molar-refractivity contribution in [2.45, 2.75) is 97.5 Å². The van der Waals surface area contributed by atoms with Gasteiger partial charge < -0.3 is 4.74 Å². The molecule has 0 saturated heterocycles. The summed E-state index contributed by atoms with van der Waals surface area (Å²) >= 11 is 0. The van der Waals surface area contributed by atoms with Crippen molar-refractivity contribution in [1.82, 2.24) is 0 Å². The quantitative estimate of drug-likeness (QED) is 0.394. The van der Waals surface area contributed by atoms with Crippen molar-refractivity contribution in [3.05, 3.63) is 0 Å². The van der Waals surface area contributed by atoms with E-state index in [0.29, 0.717) is 5.92 Å². The molecule has 2 nitrogen and oxygen atoms in total. The van der Waals surface area contributed by atoms with E-state index in [4.69, 9.17) is 4.74 Å². The maximum absolute atomic E-state index is 10.5. The third-order valence-corrected chi connectivity index (χ3v) is 3.94. The van der Waals surface area contributed by atoms with Gasteiger partial charge in [0.05, 0.1) is 0 Å². The molecule has 0 saturated carbocycles. The van der Waals surface area contributed by atoms with Crippen molar-refractivity contribution in [3.8, 4) is 0 Å². The highest BCUT2D eigenvalue weighted by Crippen LogP contribution is 2.20. The number of unbranched alkanes of at least 4 members (excludes halogenated alkanes) is 7. The van der Waals surface area contributed by atoms with Gasteiger partial charge in [0.2, 0.25) is 0 Å². The summed E-state index contributed by atoms with van der Waals surface area (Å²) in [5.74, 6) is 0.474. The van der Waals surface area contributed by atoms with Gasteiger partial charge >= 0.3 is 6.47 Å². The fourth-order valence-electron chi connectivity index (χ4n) is 2.54. The van der Waals surface area contributed by atoms with E-state index in [9.17, 15) is 4.79 Å². The summed E-state index contributed by atoms with van der Waals surface area (Å²) in [6.07, 6.45) is 13.8. The van der Waals surface area contributed by atoms with Crippen molar-refractivity contribution in [2.24, 2.45) is 5.92 Å². The molecule has 19 heavy (non-hydrogen) atoms. The van der Waals surface area contributed by atoms with E-state index >= 15 is 0 Å². The Morgan fingerprint density at radius 1 is 0.842 bits per heavy atom. The fourth-order valence-corrected chi connectivity index (χ4v) is 2.54. The van der Waals surface area contributed by atoms with E-state index in [0.717, 1.165) is 12.8 Å². The van der Waals surface area contributed by atoms with Gasteiger partial charge in [-0.2, -0.15) is 0 Å². The molecule has 2 heteroatoms. The van der Waals surface area contributed by atoms with E-state index in [2.05, 4.69) is 20.8 Å². The highest BCUT2D eigenvalue weighted by molar-refractivity contribution is 5.38. The smallest absolute Gasteiger partial charge is 0.417 e. The lowest BCUT2D eigenvalue weighted by atomic mass is 9.93. The first kappa shape index (κ1) is 18.5. The molecule has 0 aliphatic heterocycles. The van der Waals surface area contributed by atoms with Gasteiger partial charge in [-0.25, -0.2) is 4.79 Å². The number of carbonyl (C=O) groups excluding carboxylic acids is 1. The minimum atomic E-state index is 0.0830. The van der Waals surface area contributed by atoms with Gasteiger partial charge in [0.15, 0.2) is 0 Å². The lowest BCUT2D eigenvalue weighted by Gasteiger charge is -2.21. The van der Waals surface area contributed by atoms with Gasteiger partial charge in [0.1, 0.15) is 6.10 Å². The molecule has 0 rings (SSSR count). The predicted octanol–water partition coefficient (Wildman–Crippen LogP) is 5.41. The van der Waals surface area contributed by atoms with Gasteiger partial charge in [-0.3, -0.25) is 0 Å². The Kier molecular flexibility index (Phi) is 13.5. The third kappa shape index (κ3) is 11.0. The second kappa shape index (κ2) is 13.9. The Bertz CT molecular complexity index is 192. The van der Waals surface area contributed by atoms with Crippen molar-refractivity contribution in [2.75, 3.05) is 0 Å². The number of hydrogen-bond donors (Lipinski definition) is 0. The molecule has 0 aliphatic rings. The maximum Gasteiger partial charge on any atom is 0.417 e. The Morgan fingerprint density at radius 3 is 2.00 bits per heavy atom. The second-order valence-electron chi connectivity index (χ2n) is 5.77. The summed E-state index contributed by atoms with van der Waals surface area (Å²) in [5, 5.41) is 0. The number of rotatable bonds is 14. The monoisotopic (exact) mass is 269 g/mol. The van der Waals surface area contributed by atoms with Crippen molar-refractivity contribution >= 4 is 6.47 Å². The van der Waals surface area contributed by atoms with E-state index < -0.39 is 0 Å². The molecule has 0 aromatic heterocycles. The minimum Gasteiger partial charge on any atom is -0.454 e. The first-order valence-corrected chi connectivity index (χ1v) is 8.29. The highest BCUT2D eigenvalue weighted by atomic mass is 16.5. The molecule has 0 fully saturated rings. The average molecular weight is 269 g/mol. The molecule has 0 heterocycles. The van der Waals surface area contributed by atoms with Crippen molar-refractivity contribution in [1.29, 1.82) is 0 Å². The molecule has 0 aromatic rings.